The topological polar surface area (TPSA) is 97.7 Å². The van der Waals surface area contributed by atoms with Crippen LogP contribution in [0.3, 0.4) is 0 Å². The van der Waals surface area contributed by atoms with Gasteiger partial charge in [0, 0.05) is 37.6 Å². The molecule has 0 radical (unpaired) electrons. The molecule has 2 heterocycles. The third kappa shape index (κ3) is 3.82. The Hall–Kier alpha value is -1.87. The average Bonchev–Trinajstić information content (AvgIpc) is 3.44. The molecule has 28 heavy (non-hydrogen) atoms. The molecular weight excluding hydrogens is 382 g/mol. The molecule has 1 aromatic rings. The molecule has 1 aromatic heterocycles. The fourth-order valence-corrected chi connectivity index (χ4v) is 5.73. The highest BCUT2D eigenvalue weighted by Crippen LogP contribution is 2.32. The van der Waals surface area contributed by atoms with E-state index in [-0.39, 0.29) is 41.5 Å². The van der Waals surface area contributed by atoms with Gasteiger partial charge >= 0.3 is 5.97 Å². The Morgan fingerprint density at radius 1 is 1.18 bits per heavy atom. The zero-order valence-corrected chi connectivity index (χ0v) is 17.8. The van der Waals surface area contributed by atoms with Crippen LogP contribution in [0, 0.1) is 19.8 Å². The van der Waals surface area contributed by atoms with Gasteiger partial charge in [0.25, 0.3) is 0 Å². The van der Waals surface area contributed by atoms with E-state index in [4.69, 9.17) is 4.74 Å². The summed E-state index contributed by atoms with van der Waals surface area (Å²) in [6.07, 6.45) is 3.27. The second kappa shape index (κ2) is 7.87. The van der Waals surface area contributed by atoms with E-state index in [0.29, 0.717) is 30.8 Å². The number of rotatable bonds is 6. The minimum Gasteiger partial charge on any atom is -0.462 e. The van der Waals surface area contributed by atoms with Crippen LogP contribution in [0.5, 0.6) is 0 Å². The lowest BCUT2D eigenvalue weighted by atomic mass is 9.99. The second-order valence-corrected chi connectivity index (χ2v) is 9.51. The number of hydrogen-bond acceptors (Lipinski definition) is 5. The van der Waals surface area contributed by atoms with Gasteiger partial charge in [-0.3, -0.25) is 4.79 Å². The van der Waals surface area contributed by atoms with Crippen LogP contribution in [-0.4, -0.2) is 54.9 Å². The Labute approximate surface area is 166 Å². The number of sulfonamides is 1. The van der Waals surface area contributed by atoms with Gasteiger partial charge in [0.2, 0.25) is 15.9 Å². The summed E-state index contributed by atoms with van der Waals surface area (Å²) in [5.74, 6) is -1.07. The van der Waals surface area contributed by atoms with Crippen molar-refractivity contribution in [2.75, 3.05) is 19.7 Å². The number of nitrogens with zero attached hydrogens (tertiary/aromatic N) is 2. The molecule has 0 spiro atoms. The zero-order chi connectivity index (χ0) is 20.6. The molecule has 1 amide bonds. The van der Waals surface area contributed by atoms with E-state index < -0.39 is 16.0 Å². The Morgan fingerprint density at radius 3 is 2.46 bits per heavy atom. The molecule has 0 bridgehead atoms. The fraction of sp³-hybridized carbons (Fsp3) is 0.684. The fourth-order valence-electron chi connectivity index (χ4n) is 3.73. The lowest BCUT2D eigenvalue weighted by Gasteiger charge is -2.31. The van der Waals surface area contributed by atoms with Crippen molar-refractivity contribution in [3.63, 3.8) is 0 Å². The van der Waals surface area contributed by atoms with Crippen LogP contribution in [0.25, 0.3) is 0 Å². The van der Waals surface area contributed by atoms with E-state index in [2.05, 4.69) is 5.32 Å². The van der Waals surface area contributed by atoms with E-state index in [0.717, 1.165) is 12.8 Å². The van der Waals surface area contributed by atoms with Gasteiger partial charge in [-0.05, 0) is 46.5 Å². The molecule has 0 aromatic carbocycles. The van der Waals surface area contributed by atoms with Gasteiger partial charge in [-0.1, -0.05) is 0 Å². The molecule has 2 aliphatic rings. The highest BCUT2D eigenvalue weighted by molar-refractivity contribution is 7.89. The van der Waals surface area contributed by atoms with Crippen molar-refractivity contribution in [1.29, 1.82) is 0 Å². The molecule has 156 valence electrons. The van der Waals surface area contributed by atoms with Gasteiger partial charge in [0.05, 0.1) is 12.5 Å². The maximum Gasteiger partial charge on any atom is 0.341 e. The Bertz CT molecular complexity index is 886. The summed E-state index contributed by atoms with van der Waals surface area (Å²) in [6, 6.07) is 0.244. The first kappa shape index (κ1) is 20.9. The number of nitrogens with one attached hydrogen (secondary N) is 1. The van der Waals surface area contributed by atoms with Crippen LogP contribution >= 0.6 is 0 Å². The molecule has 1 N–H and O–H groups in total. The number of amides is 1. The number of ether oxygens (including phenoxy) is 1. The standard InChI is InChI=1S/C19H29N3O5S/c1-5-27-19(24)16-12(2)21(4)13(3)17(16)28(25,26)22-10-6-7-14(11-22)18(23)20-15-8-9-15/h14-15H,5-11H2,1-4H3,(H,20,23)/t14-/m0/s1. The molecule has 1 saturated heterocycles. The molecule has 1 aliphatic carbocycles. The summed E-state index contributed by atoms with van der Waals surface area (Å²) in [5, 5.41) is 2.97. The lowest BCUT2D eigenvalue weighted by Crippen LogP contribution is -2.46. The number of piperidine rings is 1. The van der Waals surface area contributed by atoms with Crippen LogP contribution in [0.1, 0.15) is 54.4 Å². The molecule has 3 rings (SSSR count). The number of esters is 1. The third-order valence-electron chi connectivity index (χ3n) is 5.68. The molecule has 9 heteroatoms. The predicted octanol–water partition coefficient (Wildman–Crippen LogP) is 1.50. The number of carbonyl (C=O) groups excluding carboxylic acids is 2. The van der Waals surface area contributed by atoms with Gasteiger partial charge in [0.1, 0.15) is 10.5 Å². The molecular formula is C19H29N3O5S. The highest BCUT2D eigenvalue weighted by Gasteiger charge is 2.39. The number of carbonyl (C=O) groups is 2. The number of aromatic nitrogens is 1. The smallest absolute Gasteiger partial charge is 0.341 e. The average molecular weight is 412 g/mol. The predicted molar refractivity (Wildman–Crippen MR) is 103 cm³/mol. The quantitative estimate of drug-likeness (QED) is 0.716. The van der Waals surface area contributed by atoms with Gasteiger partial charge < -0.3 is 14.6 Å². The Balaban J connectivity index is 1.92. The van der Waals surface area contributed by atoms with Crippen molar-refractivity contribution in [2.24, 2.45) is 13.0 Å². The second-order valence-electron chi connectivity index (χ2n) is 7.64. The summed E-state index contributed by atoms with van der Waals surface area (Å²) in [5.41, 5.74) is 1.13. The van der Waals surface area contributed by atoms with E-state index in [9.17, 15) is 18.0 Å². The summed E-state index contributed by atoms with van der Waals surface area (Å²) in [4.78, 5) is 24.9. The zero-order valence-electron chi connectivity index (χ0n) is 16.9. The molecule has 0 unspecified atom stereocenters. The maximum absolute atomic E-state index is 13.5. The van der Waals surface area contributed by atoms with Crippen molar-refractivity contribution in [3.05, 3.63) is 17.0 Å². The van der Waals surface area contributed by atoms with Gasteiger partial charge in [-0.15, -0.1) is 0 Å². The molecule has 2 fully saturated rings. The van der Waals surface area contributed by atoms with E-state index in [1.807, 2.05) is 0 Å². The van der Waals surface area contributed by atoms with Crippen molar-refractivity contribution < 1.29 is 22.7 Å². The van der Waals surface area contributed by atoms with Crippen LogP contribution in [0.2, 0.25) is 0 Å². The number of hydrogen-bond donors (Lipinski definition) is 1. The van der Waals surface area contributed by atoms with Crippen LogP contribution in [0.15, 0.2) is 4.90 Å². The Morgan fingerprint density at radius 2 is 1.86 bits per heavy atom. The van der Waals surface area contributed by atoms with Crippen molar-refractivity contribution >= 4 is 21.9 Å². The third-order valence-corrected chi connectivity index (χ3v) is 7.71. The first-order valence-electron chi connectivity index (χ1n) is 9.82. The summed E-state index contributed by atoms with van der Waals surface area (Å²) < 4.78 is 35.1. The molecule has 1 saturated carbocycles. The maximum atomic E-state index is 13.5. The first-order valence-corrected chi connectivity index (χ1v) is 11.3. The normalized spacial score (nSPS) is 20.8. The summed E-state index contributed by atoms with van der Waals surface area (Å²) >= 11 is 0. The summed E-state index contributed by atoms with van der Waals surface area (Å²) in [6.45, 7) is 5.72. The van der Waals surface area contributed by atoms with Crippen LogP contribution < -0.4 is 5.32 Å². The van der Waals surface area contributed by atoms with Crippen molar-refractivity contribution in [1.82, 2.24) is 14.2 Å². The van der Waals surface area contributed by atoms with Crippen molar-refractivity contribution in [2.45, 2.75) is 57.4 Å². The van der Waals surface area contributed by atoms with Crippen LogP contribution in [-0.2, 0) is 26.6 Å². The summed E-state index contributed by atoms with van der Waals surface area (Å²) in [7, 11) is -2.21. The largest absolute Gasteiger partial charge is 0.462 e. The minimum absolute atomic E-state index is 0.00537. The van der Waals surface area contributed by atoms with Gasteiger partial charge in [0.15, 0.2) is 0 Å². The minimum atomic E-state index is -3.94. The van der Waals surface area contributed by atoms with Gasteiger partial charge in [-0.2, -0.15) is 4.31 Å². The van der Waals surface area contributed by atoms with E-state index in [1.54, 1.807) is 32.4 Å². The first-order chi connectivity index (χ1) is 13.2. The van der Waals surface area contributed by atoms with Crippen molar-refractivity contribution in [3.8, 4) is 0 Å². The molecule has 1 aliphatic heterocycles. The van der Waals surface area contributed by atoms with Gasteiger partial charge in [-0.25, -0.2) is 13.2 Å². The Kier molecular flexibility index (Phi) is 5.86. The lowest BCUT2D eigenvalue weighted by molar-refractivity contribution is -0.126. The van der Waals surface area contributed by atoms with Crippen LogP contribution in [0.4, 0.5) is 0 Å². The highest BCUT2D eigenvalue weighted by atomic mass is 32.2. The SMILES string of the molecule is CCOC(=O)c1c(S(=O)(=O)N2CCC[C@H](C(=O)NC3CC3)C2)c(C)n(C)c1C. The van der Waals surface area contributed by atoms with E-state index >= 15 is 0 Å². The van der Waals surface area contributed by atoms with E-state index in [1.165, 1.54) is 4.31 Å². The monoisotopic (exact) mass is 411 g/mol. The molecule has 8 nitrogen and oxygen atoms in total. The molecule has 1 atom stereocenters.